The van der Waals surface area contributed by atoms with E-state index in [4.69, 9.17) is 21.1 Å². The second kappa shape index (κ2) is 12.4. The average molecular weight is 616 g/mol. The van der Waals surface area contributed by atoms with E-state index in [9.17, 15) is 15.3 Å². The summed E-state index contributed by atoms with van der Waals surface area (Å²) in [5.74, 6) is 1.52. The van der Waals surface area contributed by atoms with Crippen molar-refractivity contribution in [2.24, 2.45) is 0 Å². The van der Waals surface area contributed by atoms with Crippen molar-refractivity contribution in [2.75, 3.05) is 19.1 Å². The molecule has 0 unspecified atom stereocenters. The fraction of sp³-hybridized carbons (Fsp3) is 0.440. The van der Waals surface area contributed by atoms with Crippen LogP contribution < -0.4 is 9.47 Å². The number of alkyl halides is 1. The summed E-state index contributed by atoms with van der Waals surface area (Å²) in [7, 11) is 0. The molecule has 0 aliphatic carbocycles. The number of rotatable bonds is 12. The quantitative estimate of drug-likeness (QED) is 0.212. The van der Waals surface area contributed by atoms with Gasteiger partial charge in [0.15, 0.2) is 0 Å². The maximum absolute atomic E-state index is 10.3. The summed E-state index contributed by atoms with van der Waals surface area (Å²) in [6.45, 7) is 6.58. The van der Waals surface area contributed by atoms with Gasteiger partial charge in [-0.3, -0.25) is 0 Å². The molecule has 3 aromatic rings. The molecule has 0 radical (unpaired) electrons. The van der Waals surface area contributed by atoms with Gasteiger partial charge in [0, 0.05) is 5.41 Å². The molecule has 2 atom stereocenters. The third kappa shape index (κ3) is 7.07. The molecule has 10 heteroatoms. The van der Waals surface area contributed by atoms with E-state index >= 15 is 0 Å². The summed E-state index contributed by atoms with van der Waals surface area (Å²) in [6.07, 6.45) is -1.47. The molecular weight excluding hydrogens is 585 g/mol. The first kappa shape index (κ1) is 27.7. The minimum atomic E-state index is -0.776. The van der Waals surface area contributed by atoms with Crippen LogP contribution in [-0.2, 0) is 18.6 Å². The largest absolute Gasteiger partial charge is 0.491 e. The molecule has 0 amide bonds. The molecule has 1 aromatic heterocycles. The summed E-state index contributed by atoms with van der Waals surface area (Å²) >= 11 is 7.68. The lowest BCUT2D eigenvalue weighted by Crippen LogP contribution is -2.25. The number of aliphatic hydroxyl groups is 3. The number of nitrogens with zero attached hydrogens (tertiary/aromatic N) is 3. The summed E-state index contributed by atoms with van der Waals surface area (Å²) in [5, 5.41) is 37.0. The van der Waals surface area contributed by atoms with Crippen molar-refractivity contribution >= 4 is 34.2 Å². The van der Waals surface area contributed by atoms with E-state index in [1.165, 1.54) is 0 Å². The second-order valence-electron chi connectivity index (χ2n) is 8.88. The van der Waals surface area contributed by atoms with Gasteiger partial charge in [-0.25, -0.2) is 4.68 Å². The molecule has 1 heterocycles. The predicted molar refractivity (Wildman–Crippen MR) is 142 cm³/mol. The van der Waals surface area contributed by atoms with Crippen molar-refractivity contribution in [1.82, 2.24) is 15.0 Å². The lowest BCUT2D eigenvalue weighted by molar-refractivity contribution is 0.0881. The number of aromatic nitrogens is 3. The van der Waals surface area contributed by atoms with Crippen molar-refractivity contribution in [3.8, 4) is 11.5 Å². The van der Waals surface area contributed by atoms with Gasteiger partial charge in [-0.2, -0.15) is 0 Å². The Morgan fingerprint density at radius 3 is 2.29 bits per heavy atom. The zero-order valence-corrected chi connectivity index (χ0v) is 22.9. The molecule has 2 aromatic carbocycles. The van der Waals surface area contributed by atoms with Crippen LogP contribution in [0.15, 0.2) is 42.5 Å². The fourth-order valence-electron chi connectivity index (χ4n) is 3.56. The van der Waals surface area contributed by atoms with E-state index in [1.807, 2.05) is 65.9 Å². The zero-order chi connectivity index (χ0) is 25.6. The van der Waals surface area contributed by atoms with E-state index in [0.717, 1.165) is 22.4 Å². The summed E-state index contributed by atoms with van der Waals surface area (Å²) in [4.78, 5) is 0. The molecule has 0 saturated heterocycles. The Morgan fingerprint density at radius 1 is 1.03 bits per heavy atom. The molecule has 0 fully saturated rings. The molecule has 35 heavy (non-hydrogen) atoms. The maximum atomic E-state index is 10.3. The van der Waals surface area contributed by atoms with Gasteiger partial charge in [-0.05, 0) is 64.4 Å². The number of aryl methyl sites for hydroxylation is 1. The molecule has 0 aliphatic rings. The van der Waals surface area contributed by atoms with Crippen LogP contribution >= 0.6 is 34.2 Å². The first-order valence-electron chi connectivity index (χ1n) is 11.2. The fourth-order valence-corrected chi connectivity index (χ4v) is 4.22. The van der Waals surface area contributed by atoms with Crippen LogP contribution in [0.5, 0.6) is 11.5 Å². The lowest BCUT2D eigenvalue weighted by Gasteiger charge is -2.27. The topological polar surface area (TPSA) is 110 Å². The van der Waals surface area contributed by atoms with Crippen LogP contribution in [0, 0.1) is 10.6 Å². The van der Waals surface area contributed by atoms with E-state index in [-0.39, 0.29) is 37.7 Å². The van der Waals surface area contributed by atoms with E-state index < -0.39 is 12.2 Å². The maximum Gasteiger partial charge on any atom is 0.125 e. The molecule has 0 spiro atoms. The Kier molecular flexibility index (Phi) is 9.77. The first-order valence-corrected chi connectivity index (χ1v) is 12.8. The predicted octanol–water partition coefficient (Wildman–Crippen LogP) is 3.43. The Labute approximate surface area is 224 Å². The first-order chi connectivity index (χ1) is 16.6. The smallest absolute Gasteiger partial charge is 0.125 e. The highest BCUT2D eigenvalue weighted by atomic mass is 127. The minimum absolute atomic E-state index is 0.103. The van der Waals surface area contributed by atoms with Crippen molar-refractivity contribution in [3.05, 3.63) is 68.5 Å². The summed E-state index contributed by atoms with van der Waals surface area (Å²) < 4.78 is 13.7. The third-order valence-electron chi connectivity index (χ3n) is 5.80. The SMILES string of the molecule is Cc1cc(C(C)(C)c2ccc(OC[C@@H](O)Cn3nnc(CO)c3I)cc2)ccc1OC[C@H](O)CCl. The molecule has 3 N–H and O–H groups in total. The molecule has 190 valence electrons. The van der Waals surface area contributed by atoms with Crippen molar-refractivity contribution in [3.63, 3.8) is 0 Å². The summed E-state index contributed by atoms with van der Waals surface area (Å²) in [6, 6.07) is 13.9. The Bertz CT molecular complexity index is 1110. The van der Waals surface area contributed by atoms with Gasteiger partial charge in [0.05, 0.1) is 19.0 Å². The van der Waals surface area contributed by atoms with Crippen LogP contribution in [0.2, 0.25) is 0 Å². The van der Waals surface area contributed by atoms with E-state index in [0.29, 0.717) is 15.1 Å². The number of ether oxygens (including phenoxy) is 2. The van der Waals surface area contributed by atoms with Crippen LogP contribution in [0.3, 0.4) is 0 Å². The highest BCUT2D eigenvalue weighted by Gasteiger charge is 2.24. The monoisotopic (exact) mass is 615 g/mol. The van der Waals surface area contributed by atoms with Gasteiger partial charge in [0.2, 0.25) is 0 Å². The molecule has 8 nitrogen and oxygen atoms in total. The standard InChI is InChI=1S/C25H31ClIN3O5/c1-16-10-18(6-9-23(16)35-14-19(32)11-26)25(2,3)17-4-7-21(8-5-17)34-15-20(33)12-30-24(27)22(13-31)28-29-30/h4-10,19-20,31-33H,11-15H2,1-3H3/t19-,20+/m1/s1. The normalized spacial score (nSPS) is 13.5. The Morgan fingerprint density at radius 2 is 1.69 bits per heavy atom. The van der Waals surface area contributed by atoms with E-state index in [1.54, 1.807) is 4.68 Å². The molecule has 0 bridgehead atoms. The lowest BCUT2D eigenvalue weighted by atomic mass is 9.77. The van der Waals surface area contributed by atoms with E-state index in [2.05, 4.69) is 30.2 Å². The van der Waals surface area contributed by atoms with Gasteiger partial charge in [-0.15, -0.1) is 16.7 Å². The molecule has 3 rings (SSSR count). The van der Waals surface area contributed by atoms with Crippen LogP contribution in [0.25, 0.3) is 0 Å². The summed E-state index contributed by atoms with van der Waals surface area (Å²) in [5.41, 5.74) is 3.46. The molecule has 0 aliphatic heterocycles. The number of halogens is 2. The Balaban J connectivity index is 1.60. The highest BCUT2D eigenvalue weighted by molar-refractivity contribution is 14.1. The molecular formula is C25H31ClIN3O5. The van der Waals surface area contributed by atoms with Crippen molar-refractivity contribution in [1.29, 1.82) is 0 Å². The third-order valence-corrected chi connectivity index (χ3v) is 7.33. The zero-order valence-electron chi connectivity index (χ0n) is 20.0. The van der Waals surface area contributed by atoms with Gasteiger partial charge in [0.25, 0.3) is 0 Å². The minimum Gasteiger partial charge on any atom is -0.491 e. The van der Waals surface area contributed by atoms with Gasteiger partial charge in [0.1, 0.15) is 46.3 Å². The average Bonchev–Trinajstić information content (AvgIpc) is 3.20. The van der Waals surface area contributed by atoms with Crippen LogP contribution in [-0.4, -0.2) is 61.6 Å². The van der Waals surface area contributed by atoms with Crippen molar-refractivity contribution < 1.29 is 24.8 Å². The Hall–Kier alpha value is -1.92. The number of hydrogen-bond donors (Lipinski definition) is 3. The number of hydrogen-bond acceptors (Lipinski definition) is 7. The van der Waals surface area contributed by atoms with Gasteiger partial charge >= 0.3 is 0 Å². The van der Waals surface area contributed by atoms with Crippen LogP contribution in [0.1, 0.15) is 36.2 Å². The van der Waals surface area contributed by atoms with Gasteiger partial charge in [-0.1, -0.05) is 43.3 Å². The number of benzene rings is 2. The number of aliphatic hydroxyl groups excluding tert-OH is 3. The van der Waals surface area contributed by atoms with Gasteiger partial charge < -0.3 is 24.8 Å². The second-order valence-corrected chi connectivity index (χ2v) is 10.2. The van der Waals surface area contributed by atoms with Crippen molar-refractivity contribution in [2.45, 2.75) is 51.5 Å². The molecule has 0 saturated carbocycles. The van der Waals surface area contributed by atoms with Crippen LogP contribution in [0.4, 0.5) is 0 Å². The highest BCUT2D eigenvalue weighted by Crippen LogP contribution is 2.34.